The quantitative estimate of drug-likeness (QED) is 0.731. The average Bonchev–Trinajstić information content (AvgIpc) is 3.22. The van der Waals surface area contributed by atoms with Gasteiger partial charge in [-0.15, -0.1) is 11.3 Å². The van der Waals surface area contributed by atoms with E-state index < -0.39 is 34.0 Å². The monoisotopic (exact) mass is 450 g/mol. The van der Waals surface area contributed by atoms with Crippen LogP contribution in [0.25, 0.3) is 0 Å². The Balaban J connectivity index is 1.76. The van der Waals surface area contributed by atoms with Crippen LogP contribution in [0.15, 0.2) is 46.0 Å². The van der Waals surface area contributed by atoms with Crippen LogP contribution in [0.3, 0.4) is 0 Å². The van der Waals surface area contributed by atoms with E-state index in [-0.39, 0.29) is 23.3 Å². The van der Waals surface area contributed by atoms with Gasteiger partial charge in [0.15, 0.2) is 0 Å². The summed E-state index contributed by atoms with van der Waals surface area (Å²) in [6.07, 6.45) is -5.02. The van der Waals surface area contributed by atoms with Gasteiger partial charge in [0.05, 0.1) is 6.61 Å². The Morgan fingerprint density at radius 2 is 1.83 bits per heavy atom. The fourth-order valence-electron chi connectivity index (χ4n) is 3.34. The van der Waals surface area contributed by atoms with E-state index in [1.54, 1.807) is 17.5 Å². The first kappa shape index (κ1) is 22.0. The van der Waals surface area contributed by atoms with Crippen molar-refractivity contribution >= 4 is 27.0 Å². The Hall–Kier alpha value is -1.66. The summed E-state index contributed by atoms with van der Waals surface area (Å²) in [4.78, 5) is 1.90. The molecule has 1 fully saturated rings. The normalized spacial score (nSPS) is 21.2. The van der Waals surface area contributed by atoms with Gasteiger partial charge in [0, 0.05) is 31.4 Å². The third kappa shape index (κ3) is 4.02. The van der Waals surface area contributed by atoms with Crippen molar-refractivity contribution in [1.82, 2.24) is 4.31 Å². The van der Waals surface area contributed by atoms with Gasteiger partial charge >= 0.3 is 6.18 Å². The average molecular weight is 451 g/mol. The third-order valence-corrected chi connectivity index (χ3v) is 8.29. The number of alkyl halides is 3. The fraction of sp³-hybridized carbons (Fsp3) is 0.444. The molecule has 0 amide bonds. The van der Waals surface area contributed by atoms with E-state index in [4.69, 9.17) is 5.11 Å². The van der Waals surface area contributed by atoms with Gasteiger partial charge in [-0.25, -0.2) is 8.42 Å². The van der Waals surface area contributed by atoms with Crippen molar-refractivity contribution < 1.29 is 31.8 Å². The van der Waals surface area contributed by atoms with Gasteiger partial charge in [0.1, 0.15) is 4.21 Å². The molecule has 1 aromatic carbocycles. The Kier molecular flexibility index (Phi) is 5.98. The van der Waals surface area contributed by atoms with Crippen LogP contribution in [0, 0.1) is 0 Å². The minimum absolute atomic E-state index is 0.205. The molecule has 0 aliphatic carbocycles. The summed E-state index contributed by atoms with van der Waals surface area (Å²) in [6, 6.07) is 8.14. The third-order valence-electron chi connectivity index (χ3n) is 5.05. The number of nitrogens with zero attached hydrogens (tertiary/aromatic N) is 2. The summed E-state index contributed by atoms with van der Waals surface area (Å²) in [7, 11) is -3.56. The molecule has 1 aromatic heterocycles. The maximum Gasteiger partial charge on any atom is 0.423 e. The molecule has 0 spiro atoms. The second-order valence-electron chi connectivity index (χ2n) is 6.90. The number of hydrogen-bond acceptors (Lipinski definition) is 6. The first-order valence-electron chi connectivity index (χ1n) is 8.81. The predicted octanol–water partition coefficient (Wildman–Crippen LogP) is 2.39. The largest absolute Gasteiger partial charge is 0.423 e. The molecule has 3 rings (SSSR count). The SMILES string of the molecule is CC1CN(S(=O)(=O)c2cccs2)CCN1c1ccc(C(O)(CO)C(F)(F)F)cc1. The summed E-state index contributed by atoms with van der Waals surface area (Å²) in [5.41, 5.74) is -3.18. The van der Waals surface area contributed by atoms with Crippen LogP contribution >= 0.6 is 11.3 Å². The van der Waals surface area contributed by atoms with Crippen LogP contribution < -0.4 is 4.90 Å². The molecule has 6 nitrogen and oxygen atoms in total. The summed E-state index contributed by atoms with van der Waals surface area (Å²) in [5, 5.41) is 20.6. The molecule has 2 aromatic rings. The molecular formula is C18H21F3N2O4S2. The molecule has 1 saturated heterocycles. The van der Waals surface area contributed by atoms with Crippen LogP contribution in [0.2, 0.25) is 0 Å². The molecule has 160 valence electrons. The van der Waals surface area contributed by atoms with Crippen LogP contribution in [0.4, 0.5) is 18.9 Å². The second kappa shape index (κ2) is 7.88. The number of aliphatic hydroxyl groups is 2. The molecule has 0 saturated carbocycles. The Morgan fingerprint density at radius 1 is 1.17 bits per heavy atom. The minimum Gasteiger partial charge on any atom is -0.393 e. The highest BCUT2D eigenvalue weighted by atomic mass is 32.2. The lowest BCUT2D eigenvalue weighted by Gasteiger charge is -2.40. The van der Waals surface area contributed by atoms with Gasteiger partial charge < -0.3 is 15.1 Å². The Labute approximate surface area is 170 Å². The zero-order valence-corrected chi connectivity index (χ0v) is 17.1. The summed E-state index contributed by atoms with van der Waals surface area (Å²) >= 11 is 1.15. The Morgan fingerprint density at radius 3 is 2.31 bits per heavy atom. The van der Waals surface area contributed by atoms with Crippen molar-refractivity contribution in [2.24, 2.45) is 0 Å². The molecule has 2 N–H and O–H groups in total. The van der Waals surface area contributed by atoms with Gasteiger partial charge in [0.25, 0.3) is 10.0 Å². The molecule has 11 heteroatoms. The number of anilines is 1. The van der Waals surface area contributed by atoms with E-state index >= 15 is 0 Å². The minimum atomic E-state index is -5.02. The molecule has 29 heavy (non-hydrogen) atoms. The number of halogens is 3. The topological polar surface area (TPSA) is 81.1 Å². The fourth-order valence-corrected chi connectivity index (χ4v) is 5.99. The van der Waals surface area contributed by atoms with Crippen molar-refractivity contribution in [3.05, 3.63) is 47.3 Å². The van der Waals surface area contributed by atoms with Crippen molar-refractivity contribution in [2.45, 2.75) is 29.0 Å². The van der Waals surface area contributed by atoms with Crippen LogP contribution in [0.1, 0.15) is 12.5 Å². The van der Waals surface area contributed by atoms with Crippen LogP contribution in [-0.4, -0.2) is 61.4 Å². The van der Waals surface area contributed by atoms with Crippen molar-refractivity contribution in [1.29, 1.82) is 0 Å². The highest BCUT2D eigenvalue weighted by Gasteiger charge is 2.54. The predicted molar refractivity (Wildman–Crippen MR) is 103 cm³/mol. The van der Waals surface area contributed by atoms with Crippen molar-refractivity contribution in [3.8, 4) is 0 Å². The summed E-state index contributed by atoms with van der Waals surface area (Å²) < 4.78 is 66.3. The highest BCUT2D eigenvalue weighted by Crippen LogP contribution is 2.39. The van der Waals surface area contributed by atoms with Crippen molar-refractivity contribution in [3.63, 3.8) is 0 Å². The lowest BCUT2D eigenvalue weighted by molar-refractivity contribution is -0.277. The van der Waals surface area contributed by atoms with Crippen molar-refractivity contribution in [2.75, 3.05) is 31.1 Å². The standard InChI is InChI=1S/C18H21F3N2O4S2/c1-13-11-22(29(26,27)16-3-2-10-28-16)8-9-23(13)15-6-4-14(5-7-15)17(25,12-24)18(19,20)21/h2-7,10,13,24-25H,8-9,11-12H2,1H3. The molecule has 2 unspecified atom stereocenters. The number of hydrogen-bond donors (Lipinski definition) is 2. The molecule has 2 heterocycles. The number of sulfonamides is 1. The first-order chi connectivity index (χ1) is 13.5. The molecular weight excluding hydrogens is 429 g/mol. The Bertz CT molecular complexity index is 933. The summed E-state index contributed by atoms with van der Waals surface area (Å²) in [5.74, 6) is 0. The lowest BCUT2D eigenvalue weighted by atomic mass is 9.93. The number of piperazine rings is 1. The second-order valence-corrected chi connectivity index (χ2v) is 10.0. The smallest absolute Gasteiger partial charge is 0.393 e. The van der Waals surface area contributed by atoms with Crippen LogP contribution in [0.5, 0.6) is 0 Å². The van der Waals surface area contributed by atoms with E-state index in [0.29, 0.717) is 12.2 Å². The maximum absolute atomic E-state index is 13.1. The van der Waals surface area contributed by atoms with E-state index in [1.807, 2.05) is 11.8 Å². The number of rotatable bonds is 5. The molecule has 1 aliphatic heterocycles. The number of thiophene rings is 1. The lowest BCUT2D eigenvalue weighted by Crippen LogP contribution is -2.53. The molecule has 1 aliphatic rings. The number of aliphatic hydroxyl groups excluding tert-OH is 1. The van der Waals surface area contributed by atoms with E-state index in [2.05, 4.69) is 0 Å². The van der Waals surface area contributed by atoms with Gasteiger partial charge in [-0.3, -0.25) is 0 Å². The molecule has 0 radical (unpaired) electrons. The van der Waals surface area contributed by atoms with E-state index in [9.17, 15) is 26.7 Å². The first-order valence-corrected chi connectivity index (χ1v) is 11.1. The van der Waals surface area contributed by atoms with Gasteiger partial charge in [0.2, 0.25) is 5.60 Å². The zero-order valence-electron chi connectivity index (χ0n) is 15.5. The van der Waals surface area contributed by atoms with Gasteiger partial charge in [-0.2, -0.15) is 17.5 Å². The zero-order chi connectivity index (χ0) is 21.4. The van der Waals surface area contributed by atoms with Gasteiger partial charge in [-0.1, -0.05) is 18.2 Å². The molecule has 0 bridgehead atoms. The van der Waals surface area contributed by atoms with E-state index in [1.165, 1.54) is 16.4 Å². The highest BCUT2D eigenvalue weighted by molar-refractivity contribution is 7.91. The number of benzene rings is 1. The molecule has 2 atom stereocenters. The van der Waals surface area contributed by atoms with Crippen LogP contribution in [-0.2, 0) is 15.6 Å². The van der Waals surface area contributed by atoms with E-state index in [0.717, 1.165) is 23.5 Å². The summed E-state index contributed by atoms with van der Waals surface area (Å²) in [6.45, 7) is 1.21. The van der Waals surface area contributed by atoms with Gasteiger partial charge in [-0.05, 0) is 36.1 Å². The maximum atomic E-state index is 13.1.